The van der Waals surface area contributed by atoms with E-state index in [0.717, 1.165) is 12.8 Å². The first-order chi connectivity index (χ1) is 5.63. The van der Waals surface area contributed by atoms with Crippen LogP contribution in [0.25, 0.3) is 0 Å². The molecular weight excluding hydrogens is 150 g/mol. The molecule has 0 radical (unpaired) electrons. The standard InChI is InChI=1S/C10H15NO/c1-10(9(11)12)6-7-2-4-8(10)5-3-7/h2,4,7-8H,3,5-6H2,1H3,(H2,11,12)/t7-,8-,10-/m0/s1. The van der Waals surface area contributed by atoms with Crippen molar-refractivity contribution in [2.45, 2.75) is 26.2 Å². The number of primary amides is 1. The maximum Gasteiger partial charge on any atom is 0.223 e. The molecule has 1 saturated carbocycles. The fourth-order valence-corrected chi connectivity index (χ4v) is 2.56. The molecule has 2 heteroatoms. The summed E-state index contributed by atoms with van der Waals surface area (Å²) in [5.41, 5.74) is 5.16. The topological polar surface area (TPSA) is 43.1 Å². The Balaban J connectivity index is 2.31. The molecule has 66 valence electrons. The summed E-state index contributed by atoms with van der Waals surface area (Å²) in [6.07, 6.45) is 7.77. The van der Waals surface area contributed by atoms with Crippen LogP contribution in [-0.2, 0) is 4.79 Å². The molecule has 0 aromatic carbocycles. The lowest BCUT2D eigenvalue weighted by atomic mass is 9.60. The largest absolute Gasteiger partial charge is 0.369 e. The minimum atomic E-state index is -0.252. The van der Waals surface area contributed by atoms with Gasteiger partial charge in [-0.3, -0.25) is 4.79 Å². The molecule has 0 aromatic heterocycles. The zero-order chi connectivity index (χ0) is 8.77. The summed E-state index contributed by atoms with van der Waals surface area (Å²) in [5, 5.41) is 0. The molecule has 3 aliphatic rings. The molecule has 12 heavy (non-hydrogen) atoms. The number of amides is 1. The zero-order valence-electron chi connectivity index (χ0n) is 7.42. The fourth-order valence-electron chi connectivity index (χ4n) is 2.56. The summed E-state index contributed by atoms with van der Waals surface area (Å²) in [5.74, 6) is 0.883. The minimum absolute atomic E-state index is 0.124. The molecule has 2 nitrogen and oxygen atoms in total. The van der Waals surface area contributed by atoms with Gasteiger partial charge in [0.25, 0.3) is 0 Å². The Morgan fingerprint density at radius 3 is 2.50 bits per heavy atom. The summed E-state index contributed by atoms with van der Waals surface area (Å²) in [7, 11) is 0. The van der Waals surface area contributed by atoms with Gasteiger partial charge in [-0.05, 0) is 31.1 Å². The molecule has 0 heterocycles. The van der Waals surface area contributed by atoms with E-state index in [1.807, 2.05) is 6.92 Å². The predicted molar refractivity (Wildman–Crippen MR) is 47.3 cm³/mol. The highest BCUT2D eigenvalue weighted by molar-refractivity contribution is 5.81. The first-order valence-corrected chi connectivity index (χ1v) is 4.61. The Morgan fingerprint density at radius 1 is 1.50 bits per heavy atom. The Morgan fingerprint density at radius 2 is 2.25 bits per heavy atom. The number of hydrogen-bond donors (Lipinski definition) is 1. The van der Waals surface area contributed by atoms with E-state index in [2.05, 4.69) is 12.2 Å². The number of allylic oxidation sites excluding steroid dienone is 2. The van der Waals surface area contributed by atoms with Gasteiger partial charge in [0.15, 0.2) is 0 Å². The maximum absolute atomic E-state index is 11.3. The van der Waals surface area contributed by atoms with Crippen LogP contribution in [-0.4, -0.2) is 5.91 Å². The van der Waals surface area contributed by atoms with Crippen molar-refractivity contribution in [3.63, 3.8) is 0 Å². The molecule has 3 aliphatic carbocycles. The summed E-state index contributed by atoms with van der Waals surface area (Å²) < 4.78 is 0. The van der Waals surface area contributed by atoms with Crippen LogP contribution in [0.2, 0.25) is 0 Å². The molecule has 1 amide bonds. The van der Waals surface area contributed by atoms with Crippen molar-refractivity contribution >= 4 is 5.91 Å². The van der Waals surface area contributed by atoms with Gasteiger partial charge in [0.05, 0.1) is 5.41 Å². The van der Waals surface area contributed by atoms with Crippen molar-refractivity contribution in [3.05, 3.63) is 12.2 Å². The van der Waals surface area contributed by atoms with Crippen molar-refractivity contribution in [1.29, 1.82) is 0 Å². The molecule has 3 atom stereocenters. The van der Waals surface area contributed by atoms with Crippen molar-refractivity contribution in [2.24, 2.45) is 23.0 Å². The van der Waals surface area contributed by atoms with Crippen LogP contribution in [0, 0.1) is 17.3 Å². The Kier molecular flexibility index (Phi) is 1.53. The first kappa shape index (κ1) is 7.84. The molecule has 0 saturated heterocycles. The summed E-state index contributed by atoms with van der Waals surface area (Å²) >= 11 is 0. The third-order valence-electron chi connectivity index (χ3n) is 3.53. The predicted octanol–water partition coefficient (Wildman–Crippen LogP) is 1.46. The van der Waals surface area contributed by atoms with Gasteiger partial charge in [-0.2, -0.15) is 0 Å². The first-order valence-electron chi connectivity index (χ1n) is 4.61. The second kappa shape index (κ2) is 2.35. The number of carbonyl (C=O) groups is 1. The summed E-state index contributed by atoms with van der Waals surface area (Å²) in [6, 6.07) is 0. The average Bonchev–Trinajstić information content (AvgIpc) is 2.05. The number of carbonyl (C=O) groups excluding carboxylic acids is 1. The van der Waals surface area contributed by atoms with E-state index < -0.39 is 0 Å². The maximum atomic E-state index is 11.3. The third kappa shape index (κ3) is 0.904. The lowest BCUT2D eigenvalue weighted by Crippen LogP contribution is -2.46. The molecule has 0 unspecified atom stereocenters. The van der Waals surface area contributed by atoms with Crippen LogP contribution in [0.5, 0.6) is 0 Å². The third-order valence-corrected chi connectivity index (χ3v) is 3.53. The number of nitrogens with two attached hydrogens (primary N) is 1. The molecule has 2 bridgehead atoms. The molecule has 0 aliphatic heterocycles. The van der Waals surface area contributed by atoms with Gasteiger partial charge in [-0.15, -0.1) is 0 Å². The monoisotopic (exact) mass is 165 g/mol. The van der Waals surface area contributed by atoms with Gasteiger partial charge in [-0.25, -0.2) is 0 Å². The van der Waals surface area contributed by atoms with E-state index >= 15 is 0 Å². The quantitative estimate of drug-likeness (QED) is 0.587. The van der Waals surface area contributed by atoms with Gasteiger partial charge in [-0.1, -0.05) is 19.1 Å². The molecule has 1 fully saturated rings. The number of rotatable bonds is 1. The molecule has 0 aromatic rings. The highest BCUT2D eigenvalue weighted by Gasteiger charge is 2.45. The Bertz CT molecular complexity index is 246. The second-order valence-corrected chi connectivity index (χ2v) is 4.31. The SMILES string of the molecule is C[C@]1(C(N)=O)C[C@H]2C=C[C@H]1CC2. The van der Waals surface area contributed by atoms with Crippen LogP contribution >= 0.6 is 0 Å². The normalized spacial score (nSPS) is 44.8. The second-order valence-electron chi connectivity index (χ2n) is 4.31. The van der Waals surface area contributed by atoms with Crippen molar-refractivity contribution in [2.75, 3.05) is 0 Å². The number of hydrogen-bond acceptors (Lipinski definition) is 1. The van der Waals surface area contributed by atoms with Crippen LogP contribution in [0.3, 0.4) is 0 Å². The van der Waals surface area contributed by atoms with Gasteiger partial charge in [0, 0.05) is 0 Å². The number of fused-ring (bicyclic) bond motifs is 2. The van der Waals surface area contributed by atoms with E-state index in [9.17, 15) is 4.79 Å². The summed E-state index contributed by atoms with van der Waals surface area (Å²) in [6.45, 7) is 2.01. The average molecular weight is 165 g/mol. The van der Waals surface area contributed by atoms with Crippen LogP contribution in [0.4, 0.5) is 0 Å². The van der Waals surface area contributed by atoms with E-state index in [0.29, 0.717) is 11.8 Å². The van der Waals surface area contributed by atoms with Crippen LogP contribution in [0.15, 0.2) is 12.2 Å². The van der Waals surface area contributed by atoms with Gasteiger partial charge in [0.2, 0.25) is 5.91 Å². The van der Waals surface area contributed by atoms with Gasteiger partial charge in [0.1, 0.15) is 0 Å². The van der Waals surface area contributed by atoms with E-state index in [1.165, 1.54) is 6.42 Å². The van der Waals surface area contributed by atoms with Crippen molar-refractivity contribution in [1.82, 2.24) is 0 Å². The van der Waals surface area contributed by atoms with Crippen molar-refractivity contribution < 1.29 is 4.79 Å². The molecular formula is C10H15NO. The van der Waals surface area contributed by atoms with Crippen LogP contribution < -0.4 is 5.73 Å². The fraction of sp³-hybridized carbons (Fsp3) is 0.700. The molecule has 3 rings (SSSR count). The van der Waals surface area contributed by atoms with E-state index in [4.69, 9.17) is 5.73 Å². The highest BCUT2D eigenvalue weighted by Crippen LogP contribution is 2.48. The highest BCUT2D eigenvalue weighted by atomic mass is 16.1. The lowest BCUT2D eigenvalue weighted by molar-refractivity contribution is -0.131. The molecule has 0 spiro atoms. The van der Waals surface area contributed by atoms with Crippen LogP contribution in [0.1, 0.15) is 26.2 Å². The zero-order valence-corrected chi connectivity index (χ0v) is 7.42. The van der Waals surface area contributed by atoms with E-state index in [1.54, 1.807) is 0 Å². The smallest absolute Gasteiger partial charge is 0.223 e. The summed E-state index contributed by atoms with van der Waals surface area (Å²) in [4.78, 5) is 11.3. The lowest BCUT2D eigenvalue weighted by Gasteiger charge is -2.44. The Hall–Kier alpha value is -0.790. The Labute approximate surface area is 72.8 Å². The minimum Gasteiger partial charge on any atom is -0.369 e. The molecule has 2 N–H and O–H groups in total. The van der Waals surface area contributed by atoms with E-state index in [-0.39, 0.29) is 11.3 Å². The van der Waals surface area contributed by atoms with Crippen molar-refractivity contribution in [3.8, 4) is 0 Å². The van der Waals surface area contributed by atoms with Gasteiger partial charge >= 0.3 is 0 Å². The van der Waals surface area contributed by atoms with Gasteiger partial charge < -0.3 is 5.73 Å².